The molecule has 144 valence electrons. The Morgan fingerprint density at radius 1 is 1.37 bits per heavy atom. The largest absolute Gasteiger partial charge is 0.497 e. The van der Waals surface area contributed by atoms with Crippen LogP contribution in [0.5, 0.6) is 5.75 Å². The van der Waals surface area contributed by atoms with E-state index < -0.39 is 0 Å². The SMILES string of the molecule is COc1cccc(-c2noc(CN3CCCC(C(=O)NCC4CC4)C3)n2)c1. The molecule has 1 aromatic heterocycles. The van der Waals surface area contributed by atoms with Crippen molar-refractivity contribution in [2.24, 2.45) is 11.8 Å². The maximum absolute atomic E-state index is 12.4. The molecule has 2 heterocycles. The van der Waals surface area contributed by atoms with Crippen LogP contribution in [0.3, 0.4) is 0 Å². The maximum Gasteiger partial charge on any atom is 0.241 e. The van der Waals surface area contributed by atoms with Crippen LogP contribution in [0.15, 0.2) is 28.8 Å². The Bertz CT molecular complexity index is 787. The van der Waals surface area contributed by atoms with E-state index in [-0.39, 0.29) is 11.8 Å². The van der Waals surface area contributed by atoms with Crippen LogP contribution in [0.2, 0.25) is 0 Å². The second kappa shape index (κ2) is 8.08. The van der Waals surface area contributed by atoms with Gasteiger partial charge in [-0.05, 0) is 50.3 Å². The van der Waals surface area contributed by atoms with Gasteiger partial charge in [-0.2, -0.15) is 4.98 Å². The van der Waals surface area contributed by atoms with E-state index in [1.54, 1.807) is 7.11 Å². The summed E-state index contributed by atoms with van der Waals surface area (Å²) in [6, 6.07) is 7.60. The van der Waals surface area contributed by atoms with Crippen LogP contribution in [0.4, 0.5) is 0 Å². The maximum atomic E-state index is 12.4. The molecule has 7 nitrogen and oxygen atoms in total. The number of carbonyl (C=O) groups excluding carboxylic acids is 1. The van der Waals surface area contributed by atoms with Gasteiger partial charge in [-0.1, -0.05) is 17.3 Å². The number of likely N-dealkylation sites (tertiary alicyclic amines) is 1. The summed E-state index contributed by atoms with van der Waals surface area (Å²) in [6.45, 7) is 3.10. The first-order valence-corrected chi connectivity index (χ1v) is 9.68. The van der Waals surface area contributed by atoms with E-state index in [0.29, 0.717) is 24.2 Å². The van der Waals surface area contributed by atoms with Crippen molar-refractivity contribution in [3.63, 3.8) is 0 Å². The van der Waals surface area contributed by atoms with Gasteiger partial charge >= 0.3 is 0 Å². The molecule has 1 aliphatic carbocycles. The van der Waals surface area contributed by atoms with E-state index in [9.17, 15) is 4.79 Å². The molecule has 1 amide bonds. The second-order valence-corrected chi connectivity index (χ2v) is 7.51. The summed E-state index contributed by atoms with van der Waals surface area (Å²) < 4.78 is 10.7. The van der Waals surface area contributed by atoms with Gasteiger partial charge in [0.05, 0.1) is 19.6 Å². The molecule has 2 aromatic rings. The lowest BCUT2D eigenvalue weighted by atomic mass is 9.97. The molecule has 27 heavy (non-hydrogen) atoms. The molecule has 0 bridgehead atoms. The van der Waals surface area contributed by atoms with E-state index in [0.717, 1.165) is 43.8 Å². The first-order chi connectivity index (χ1) is 13.2. The highest BCUT2D eigenvalue weighted by Crippen LogP contribution is 2.28. The van der Waals surface area contributed by atoms with Crippen molar-refractivity contribution < 1.29 is 14.1 Å². The van der Waals surface area contributed by atoms with Crippen molar-refractivity contribution in [2.75, 3.05) is 26.7 Å². The highest BCUT2D eigenvalue weighted by Gasteiger charge is 2.28. The van der Waals surface area contributed by atoms with E-state index in [1.807, 2.05) is 24.3 Å². The lowest BCUT2D eigenvalue weighted by molar-refractivity contribution is -0.126. The molecule has 4 rings (SSSR count). The predicted octanol–water partition coefficient (Wildman–Crippen LogP) is 2.48. The van der Waals surface area contributed by atoms with Crippen LogP contribution >= 0.6 is 0 Å². The third-order valence-electron chi connectivity index (χ3n) is 5.29. The van der Waals surface area contributed by atoms with Gasteiger partial charge in [0, 0.05) is 18.7 Å². The minimum atomic E-state index is 0.0540. The molecule has 2 fully saturated rings. The number of nitrogens with zero attached hydrogens (tertiary/aromatic N) is 3. The molecule has 1 N–H and O–H groups in total. The number of hydrogen-bond donors (Lipinski definition) is 1. The molecular formula is C20H26N4O3. The molecule has 1 saturated carbocycles. The normalized spacial score (nSPS) is 20.4. The van der Waals surface area contributed by atoms with E-state index in [1.165, 1.54) is 12.8 Å². The Balaban J connectivity index is 1.34. The van der Waals surface area contributed by atoms with Gasteiger partial charge in [-0.15, -0.1) is 0 Å². The summed E-state index contributed by atoms with van der Waals surface area (Å²) in [5, 5.41) is 7.20. The molecular weight excluding hydrogens is 344 g/mol. The Morgan fingerprint density at radius 2 is 2.26 bits per heavy atom. The van der Waals surface area contributed by atoms with E-state index >= 15 is 0 Å². The standard InChI is InChI=1S/C20H26N4O3/c1-26-17-6-2-4-15(10-17)19-22-18(27-23-19)13-24-9-3-5-16(12-24)20(25)21-11-14-7-8-14/h2,4,6,10,14,16H,3,5,7-9,11-13H2,1H3,(H,21,25). The van der Waals surface area contributed by atoms with Crippen molar-refractivity contribution in [1.29, 1.82) is 0 Å². The second-order valence-electron chi connectivity index (χ2n) is 7.51. The summed E-state index contributed by atoms with van der Waals surface area (Å²) in [5.74, 6) is 2.84. The van der Waals surface area contributed by atoms with Crippen LogP contribution in [0.1, 0.15) is 31.6 Å². The number of benzene rings is 1. The zero-order chi connectivity index (χ0) is 18.6. The Kier molecular flexibility index (Phi) is 5.38. The number of carbonyl (C=O) groups is 1. The Morgan fingerprint density at radius 3 is 3.07 bits per heavy atom. The number of hydrogen-bond acceptors (Lipinski definition) is 6. The minimum absolute atomic E-state index is 0.0540. The topological polar surface area (TPSA) is 80.5 Å². The average Bonchev–Trinajstić information content (AvgIpc) is 3.43. The molecule has 2 aliphatic rings. The molecule has 0 radical (unpaired) electrons. The Hall–Kier alpha value is -2.41. The summed E-state index contributed by atoms with van der Waals surface area (Å²) in [5.41, 5.74) is 0.861. The van der Waals surface area contributed by atoms with Crippen LogP contribution in [-0.2, 0) is 11.3 Å². The Labute approximate surface area is 159 Å². The van der Waals surface area contributed by atoms with Gasteiger partial charge in [0.25, 0.3) is 0 Å². The van der Waals surface area contributed by atoms with Crippen molar-refractivity contribution in [3.05, 3.63) is 30.2 Å². The number of rotatable bonds is 7. The fraction of sp³-hybridized carbons (Fsp3) is 0.550. The summed E-state index contributed by atoms with van der Waals surface area (Å²) >= 11 is 0. The monoisotopic (exact) mass is 370 g/mol. The molecule has 0 spiro atoms. The van der Waals surface area contributed by atoms with Gasteiger partial charge in [0.1, 0.15) is 5.75 Å². The third-order valence-corrected chi connectivity index (χ3v) is 5.29. The summed E-state index contributed by atoms with van der Waals surface area (Å²) in [7, 11) is 1.63. The zero-order valence-electron chi connectivity index (χ0n) is 15.7. The van der Waals surface area contributed by atoms with Gasteiger partial charge in [-0.25, -0.2) is 0 Å². The summed E-state index contributed by atoms with van der Waals surface area (Å²) in [4.78, 5) is 19.1. The molecule has 7 heteroatoms. The van der Waals surface area contributed by atoms with Gasteiger partial charge < -0.3 is 14.6 Å². The number of ether oxygens (including phenoxy) is 1. The first kappa shape index (κ1) is 18.0. The number of aromatic nitrogens is 2. The molecule has 1 unspecified atom stereocenters. The van der Waals surface area contributed by atoms with Crippen molar-refractivity contribution in [1.82, 2.24) is 20.4 Å². The van der Waals surface area contributed by atoms with Gasteiger partial charge in [0.2, 0.25) is 17.6 Å². The van der Waals surface area contributed by atoms with Crippen LogP contribution in [-0.4, -0.2) is 47.7 Å². The fourth-order valence-corrected chi connectivity index (χ4v) is 3.51. The highest BCUT2D eigenvalue weighted by atomic mass is 16.5. The van der Waals surface area contributed by atoms with Crippen molar-refractivity contribution in [2.45, 2.75) is 32.2 Å². The molecule has 1 aliphatic heterocycles. The molecule has 1 saturated heterocycles. The fourth-order valence-electron chi connectivity index (χ4n) is 3.51. The number of nitrogens with one attached hydrogen (secondary N) is 1. The van der Waals surface area contributed by atoms with E-state index in [2.05, 4.69) is 20.4 Å². The lowest BCUT2D eigenvalue weighted by Crippen LogP contribution is -2.43. The zero-order valence-corrected chi connectivity index (χ0v) is 15.7. The minimum Gasteiger partial charge on any atom is -0.497 e. The molecule has 1 atom stereocenters. The number of amides is 1. The van der Waals surface area contributed by atoms with E-state index in [4.69, 9.17) is 9.26 Å². The van der Waals surface area contributed by atoms with Crippen molar-refractivity contribution in [3.8, 4) is 17.1 Å². The summed E-state index contributed by atoms with van der Waals surface area (Å²) in [6.07, 6.45) is 4.47. The number of methoxy groups -OCH3 is 1. The van der Waals surface area contributed by atoms with Crippen LogP contribution in [0, 0.1) is 11.8 Å². The predicted molar refractivity (Wildman–Crippen MR) is 100 cm³/mol. The molecule has 1 aromatic carbocycles. The third kappa shape index (κ3) is 4.66. The van der Waals surface area contributed by atoms with Gasteiger partial charge in [0.15, 0.2) is 0 Å². The highest BCUT2D eigenvalue weighted by molar-refractivity contribution is 5.79. The quantitative estimate of drug-likeness (QED) is 0.806. The lowest BCUT2D eigenvalue weighted by Gasteiger charge is -2.30. The van der Waals surface area contributed by atoms with Crippen LogP contribution in [0.25, 0.3) is 11.4 Å². The average molecular weight is 370 g/mol. The van der Waals surface area contributed by atoms with Crippen molar-refractivity contribution >= 4 is 5.91 Å². The van der Waals surface area contributed by atoms with Gasteiger partial charge in [-0.3, -0.25) is 9.69 Å². The smallest absolute Gasteiger partial charge is 0.241 e. The number of piperidine rings is 1. The first-order valence-electron chi connectivity index (χ1n) is 9.68. The van der Waals surface area contributed by atoms with Crippen LogP contribution < -0.4 is 10.1 Å².